The van der Waals surface area contributed by atoms with Gasteiger partial charge < -0.3 is 9.88 Å². The molecule has 0 radical (unpaired) electrons. The van der Waals surface area contributed by atoms with Crippen LogP contribution < -0.4 is 10.9 Å². The van der Waals surface area contributed by atoms with E-state index in [-0.39, 0.29) is 30.3 Å². The summed E-state index contributed by atoms with van der Waals surface area (Å²) in [5, 5.41) is 15.6. The van der Waals surface area contributed by atoms with Gasteiger partial charge in [0.25, 0.3) is 5.56 Å². The number of fused-ring (bicyclic) bond motifs is 1. The van der Waals surface area contributed by atoms with Crippen molar-refractivity contribution in [1.82, 2.24) is 19.2 Å². The van der Waals surface area contributed by atoms with Gasteiger partial charge in [0, 0.05) is 23.0 Å². The zero-order valence-corrected chi connectivity index (χ0v) is 17.8. The first-order valence-corrected chi connectivity index (χ1v) is 10.1. The van der Waals surface area contributed by atoms with Crippen molar-refractivity contribution in [2.75, 3.05) is 5.32 Å². The van der Waals surface area contributed by atoms with E-state index < -0.39 is 23.2 Å². The summed E-state index contributed by atoms with van der Waals surface area (Å²) in [6.45, 7) is 1.40. The van der Waals surface area contributed by atoms with E-state index in [1.54, 1.807) is 31.2 Å². The van der Waals surface area contributed by atoms with Crippen LogP contribution in [-0.2, 0) is 23.9 Å². The highest BCUT2D eigenvalue weighted by atomic mass is 19.4. The van der Waals surface area contributed by atoms with Crippen molar-refractivity contribution >= 4 is 17.4 Å². The number of carbonyl (C=O) groups is 1. The minimum Gasteiger partial charge on any atom is -0.325 e. The smallest absolute Gasteiger partial charge is 0.325 e. The normalized spacial score (nSPS) is 11.4. The van der Waals surface area contributed by atoms with Gasteiger partial charge in [-0.3, -0.25) is 9.59 Å². The number of carbonyl (C=O) groups excluding carboxylic acids is 1. The number of amides is 1. The summed E-state index contributed by atoms with van der Waals surface area (Å²) >= 11 is 0. The van der Waals surface area contributed by atoms with E-state index in [4.69, 9.17) is 5.26 Å². The standard InChI is InChI=1S/C23H17F3N6O2/c1-14-12-20(34)32-22(29-21(30-32)16-4-2-15(3-5-16)10-11-27)31(14)13-19(33)28-18-8-6-17(7-9-18)23(24,25)26/h2-9,12H,10,13H2,1H3,(H,28,33). The van der Waals surface area contributed by atoms with E-state index in [9.17, 15) is 22.8 Å². The number of nitrogens with zero attached hydrogens (tertiary/aromatic N) is 5. The van der Waals surface area contributed by atoms with Gasteiger partial charge in [-0.1, -0.05) is 24.3 Å². The first kappa shape index (κ1) is 22.7. The van der Waals surface area contributed by atoms with Crippen LogP contribution in [0.15, 0.2) is 59.4 Å². The number of rotatable bonds is 5. The Morgan fingerprint density at radius 1 is 1.12 bits per heavy atom. The monoisotopic (exact) mass is 466 g/mol. The van der Waals surface area contributed by atoms with Crippen molar-refractivity contribution in [3.63, 3.8) is 0 Å². The van der Waals surface area contributed by atoms with Gasteiger partial charge in [-0.2, -0.15) is 27.9 Å². The quantitative estimate of drug-likeness (QED) is 0.484. The fourth-order valence-electron chi connectivity index (χ4n) is 3.37. The number of nitriles is 1. The Balaban J connectivity index is 1.61. The van der Waals surface area contributed by atoms with E-state index in [0.29, 0.717) is 11.3 Å². The largest absolute Gasteiger partial charge is 0.416 e. The second kappa shape index (κ2) is 8.82. The molecular formula is C23H17F3N6O2. The molecule has 0 aliphatic carbocycles. The van der Waals surface area contributed by atoms with Crippen LogP contribution in [0.1, 0.15) is 16.8 Å². The molecule has 0 unspecified atom stereocenters. The Kier molecular flexibility index (Phi) is 5.89. The summed E-state index contributed by atoms with van der Waals surface area (Å²) in [5.41, 5.74) is 0.871. The molecule has 4 aromatic rings. The van der Waals surface area contributed by atoms with E-state index in [1.165, 1.54) is 22.8 Å². The average Bonchev–Trinajstić information content (AvgIpc) is 3.23. The van der Waals surface area contributed by atoms with Crippen LogP contribution in [-0.4, -0.2) is 25.1 Å². The van der Waals surface area contributed by atoms with Crippen LogP contribution in [0.4, 0.5) is 18.9 Å². The molecule has 0 saturated carbocycles. The first-order valence-electron chi connectivity index (χ1n) is 10.1. The fourth-order valence-corrected chi connectivity index (χ4v) is 3.37. The van der Waals surface area contributed by atoms with Crippen LogP contribution in [0.25, 0.3) is 17.2 Å². The molecule has 11 heteroatoms. The lowest BCUT2D eigenvalue weighted by Crippen LogP contribution is -2.25. The molecule has 0 fully saturated rings. The molecule has 0 spiro atoms. The molecule has 4 rings (SSSR count). The second-order valence-electron chi connectivity index (χ2n) is 7.51. The maximum absolute atomic E-state index is 12.7. The van der Waals surface area contributed by atoms with E-state index in [1.807, 2.05) is 0 Å². The molecule has 0 bridgehead atoms. The number of benzene rings is 2. The van der Waals surface area contributed by atoms with Gasteiger partial charge in [-0.15, -0.1) is 5.10 Å². The van der Waals surface area contributed by atoms with Gasteiger partial charge in [0.1, 0.15) is 6.54 Å². The minimum atomic E-state index is -4.47. The predicted molar refractivity (Wildman–Crippen MR) is 117 cm³/mol. The summed E-state index contributed by atoms with van der Waals surface area (Å²) < 4.78 is 40.8. The highest BCUT2D eigenvalue weighted by Crippen LogP contribution is 2.29. The summed E-state index contributed by atoms with van der Waals surface area (Å²) in [4.78, 5) is 29.5. The van der Waals surface area contributed by atoms with Crippen molar-refractivity contribution in [2.45, 2.75) is 26.1 Å². The highest BCUT2D eigenvalue weighted by molar-refractivity contribution is 5.90. The number of alkyl halides is 3. The van der Waals surface area contributed by atoms with Gasteiger partial charge >= 0.3 is 6.18 Å². The highest BCUT2D eigenvalue weighted by Gasteiger charge is 2.30. The number of nitrogens with one attached hydrogen (secondary N) is 1. The summed E-state index contributed by atoms with van der Waals surface area (Å²) in [6, 6.07) is 14.5. The van der Waals surface area contributed by atoms with Crippen LogP contribution >= 0.6 is 0 Å². The van der Waals surface area contributed by atoms with Gasteiger partial charge in [-0.05, 0) is 36.8 Å². The third-order valence-corrected chi connectivity index (χ3v) is 5.09. The Bertz CT molecular complexity index is 1460. The molecule has 0 atom stereocenters. The Labute approximate surface area is 190 Å². The summed E-state index contributed by atoms with van der Waals surface area (Å²) in [7, 11) is 0. The lowest BCUT2D eigenvalue weighted by atomic mass is 10.1. The maximum atomic E-state index is 12.7. The molecule has 0 saturated heterocycles. The molecule has 2 heterocycles. The van der Waals surface area contributed by atoms with Crippen LogP contribution in [0.3, 0.4) is 0 Å². The molecule has 2 aromatic heterocycles. The van der Waals surface area contributed by atoms with Crippen molar-refractivity contribution < 1.29 is 18.0 Å². The van der Waals surface area contributed by atoms with Crippen LogP contribution in [0.5, 0.6) is 0 Å². The lowest BCUT2D eigenvalue weighted by Gasteiger charge is -2.12. The van der Waals surface area contributed by atoms with Crippen LogP contribution in [0.2, 0.25) is 0 Å². The number of hydrogen-bond donors (Lipinski definition) is 1. The Hall–Kier alpha value is -4.46. The van der Waals surface area contributed by atoms with Crippen molar-refractivity contribution in [1.29, 1.82) is 5.26 Å². The van der Waals surface area contributed by atoms with Gasteiger partial charge in [0.15, 0.2) is 5.82 Å². The van der Waals surface area contributed by atoms with Crippen molar-refractivity contribution in [3.05, 3.63) is 81.8 Å². The minimum absolute atomic E-state index is 0.142. The number of halogens is 3. The van der Waals surface area contributed by atoms with Crippen molar-refractivity contribution in [2.24, 2.45) is 0 Å². The molecule has 0 aliphatic heterocycles. The molecule has 8 nitrogen and oxygen atoms in total. The molecule has 172 valence electrons. The zero-order valence-electron chi connectivity index (χ0n) is 17.8. The van der Waals surface area contributed by atoms with Crippen LogP contribution in [0, 0.1) is 18.3 Å². The van der Waals surface area contributed by atoms with Crippen molar-refractivity contribution in [3.8, 4) is 17.5 Å². The molecule has 1 amide bonds. The molecule has 1 N–H and O–H groups in total. The maximum Gasteiger partial charge on any atom is 0.416 e. The van der Waals surface area contributed by atoms with E-state index >= 15 is 0 Å². The van der Waals surface area contributed by atoms with Gasteiger partial charge in [-0.25, -0.2) is 0 Å². The number of anilines is 1. The lowest BCUT2D eigenvalue weighted by molar-refractivity contribution is -0.137. The third kappa shape index (κ3) is 4.66. The Morgan fingerprint density at radius 2 is 1.79 bits per heavy atom. The fraction of sp³-hybridized carbons (Fsp3) is 0.174. The average molecular weight is 466 g/mol. The molecule has 0 aliphatic rings. The third-order valence-electron chi connectivity index (χ3n) is 5.09. The number of aryl methyl sites for hydroxylation is 1. The Morgan fingerprint density at radius 3 is 2.41 bits per heavy atom. The second-order valence-corrected chi connectivity index (χ2v) is 7.51. The van der Waals surface area contributed by atoms with E-state index in [2.05, 4.69) is 21.5 Å². The predicted octanol–water partition coefficient (Wildman–Crippen LogP) is 3.59. The SMILES string of the molecule is Cc1cc(=O)n2nc(-c3ccc(CC#N)cc3)nc2n1CC(=O)Nc1ccc(C(F)(F)F)cc1. The molecule has 34 heavy (non-hydrogen) atoms. The summed E-state index contributed by atoms with van der Waals surface area (Å²) in [5.74, 6) is -0.106. The molecular weight excluding hydrogens is 449 g/mol. The van der Waals surface area contributed by atoms with Gasteiger partial charge in [0.05, 0.1) is 18.1 Å². The topological polar surface area (TPSA) is 105 Å². The zero-order chi connectivity index (χ0) is 24.5. The van der Waals surface area contributed by atoms with E-state index in [0.717, 1.165) is 22.2 Å². The molecule has 2 aromatic carbocycles. The summed E-state index contributed by atoms with van der Waals surface area (Å²) in [6.07, 6.45) is -4.21. The van der Waals surface area contributed by atoms with Gasteiger partial charge in [0.2, 0.25) is 11.7 Å². The number of aromatic nitrogens is 4. The number of hydrogen-bond acceptors (Lipinski definition) is 5. The first-order chi connectivity index (χ1) is 16.2.